The van der Waals surface area contributed by atoms with Crippen LogP contribution >= 0.6 is 0 Å². The van der Waals surface area contributed by atoms with Crippen molar-refractivity contribution in [1.82, 2.24) is 0 Å². The average Bonchev–Trinajstić information content (AvgIpc) is 2.57. The molecule has 0 spiro atoms. The lowest BCUT2D eigenvalue weighted by Crippen LogP contribution is -2.38. The lowest BCUT2D eigenvalue weighted by Gasteiger charge is -2.45. The smallest absolute Gasteiger partial charge is 0.120 e. The summed E-state index contributed by atoms with van der Waals surface area (Å²) in [5.74, 6) is 3.23. The molecule has 0 bridgehead atoms. The van der Waals surface area contributed by atoms with E-state index in [0.717, 1.165) is 30.5 Å². The van der Waals surface area contributed by atoms with Gasteiger partial charge in [0, 0.05) is 6.42 Å². The average molecular weight is 222 g/mol. The largest absolute Gasteiger partial charge is 0.303 e. The zero-order chi connectivity index (χ0) is 11.8. The van der Waals surface area contributed by atoms with Crippen LogP contribution in [-0.4, -0.2) is 6.29 Å². The molecule has 0 radical (unpaired) electrons. The van der Waals surface area contributed by atoms with Crippen LogP contribution in [0.1, 0.15) is 59.3 Å². The van der Waals surface area contributed by atoms with Crippen molar-refractivity contribution in [1.29, 1.82) is 0 Å². The zero-order valence-corrected chi connectivity index (χ0v) is 11.0. The molecular formula is C15H26O. The molecule has 1 nitrogen and oxygen atoms in total. The SMILES string of the molecule is CC1CCCC2(C)C1CCC2[C@H](C)CC=O. The molecule has 2 rings (SSSR count). The van der Waals surface area contributed by atoms with Crippen LogP contribution in [0, 0.1) is 29.1 Å². The van der Waals surface area contributed by atoms with Crippen LogP contribution in [0.3, 0.4) is 0 Å². The van der Waals surface area contributed by atoms with Crippen molar-refractivity contribution in [2.75, 3.05) is 0 Å². The summed E-state index contributed by atoms with van der Waals surface area (Å²) in [4.78, 5) is 10.7. The molecule has 0 aromatic heterocycles. The third-order valence-electron chi connectivity index (χ3n) is 5.70. The maximum Gasteiger partial charge on any atom is 0.120 e. The van der Waals surface area contributed by atoms with Gasteiger partial charge in [0.15, 0.2) is 0 Å². The molecule has 0 heterocycles. The fraction of sp³-hybridized carbons (Fsp3) is 0.933. The van der Waals surface area contributed by atoms with E-state index in [0.29, 0.717) is 11.3 Å². The zero-order valence-electron chi connectivity index (χ0n) is 11.0. The lowest BCUT2D eigenvalue weighted by molar-refractivity contribution is -0.109. The Morgan fingerprint density at radius 2 is 2.12 bits per heavy atom. The Morgan fingerprint density at radius 1 is 1.38 bits per heavy atom. The van der Waals surface area contributed by atoms with Gasteiger partial charge in [-0.25, -0.2) is 0 Å². The first kappa shape index (κ1) is 12.1. The molecule has 0 aromatic carbocycles. The van der Waals surface area contributed by atoms with Gasteiger partial charge in [-0.2, -0.15) is 0 Å². The molecule has 0 N–H and O–H groups in total. The van der Waals surface area contributed by atoms with E-state index in [-0.39, 0.29) is 0 Å². The summed E-state index contributed by atoms with van der Waals surface area (Å²) in [6.07, 6.45) is 8.88. The normalized spacial score (nSPS) is 45.1. The van der Waals surface area contributed by atoms with Gasteiger partial charge in [-0.15, -0.1) is 0 Å². The number of fused-ring (bicyclic) bond motifs is 1. The summed E-state index contributed by atoms with van der Waals surface area (Å²) in [6.45, 7) is 7.23. The molecule has 4 unspecified atom stereocenters. The van der Waals surface area contributed by atoms with Gasteiger partial charge < -0.3 is 4.79 Å². The van der Waals surface area contributed by atoms with Gasteiger partial charge in [-0.1, -0.05) is 33.6 Å². The number of carbonyl (C=O) groups is 1. The summed E-state index contributed by atoms with van der Waals surface area (Å²) in [5, 5.41) is 0. The Morgan fingerprint density at radius 3 is 2.81 bits per heavy atom. The fourth-order valence-electron chi connectivity index (χ4n) is 4.86. The molecule has 5 atom stereocenters. The third-order valence-corrected chi connectivity index (χ3v) is 5.70. The second-order valence-corrected chi connectivity index (χ2v) is 6.55. The first-order valence-electron chi connectivity index (χ1n) is 7.03. The van der Waals surface area contributed by atoms with E-state index in [1.165, 1.54) is 32.1 Å². The summed E-state index contributed by atoms with van der Waals surface area (Å²) >= 11 is 0. The first-order chi connectivity index (χ1) is 7.59. The highest BCUT2D eigenvalue weighted by atomic mass is 16.1. The summed E-state index contributed by atoms with van der Waals surface area (Å²) in [6, 6.07) is 0. The molecule has 2 saturated carbocycles. The van der Waals surface area contributed by atoms with Crippen molar-refractivity contribution in [2.24, 2.45) is 29.1 Å². The number of aldehydes is 1. The van der Waals surface area contributed by atoms with Crippen LogP contribution in [0.5, 0.6) is 0 Å². The Labute approximate surface area is 100.0 Å². The van der Waals surface area contributed by atoms with Gasteiger partial charge in [-0.3, -0.25) is 0 Å². The minimum Gasteiger partial charge on any atom is -0.303 e. The van der Waals surface area contributed by atoms with Gasteiger partial charge in [0.2, 0.25) is 0 Å². The Bertz CT molecular complexity index is 260. The summed E-state index contributed by atoms with van der Waals surface area (Å²) < 4.78 is 0. The van der Waals surface area contributed by atoms with Gasteiger partial charge in [0.25, 0.3) is 0 Å². The molecule has 2 aliphatic carbocycles. The molecule has 0 aromatic rings. The molecule has 0 saturated heterocycles. The molecule has 16 heavy (non-hydrogen) atoms. The second-order valence-electron chi connectivity index (χ2n) is 6.55. The second kappa shape index (κ2) is 4.50. The van der Waals surface area contributed by atoms with Gasteiger partial charge in [-0.05, 0) is 48.3 Å². The van der Waals surface area contributed by atoms with E-state index in [4.69, 9.17) is 0 Å². The van der Waals surface area contributed by atoms with Crippen LogP contribution in [0.25, 0.3) is 0 Å². The van der Waals surface area contributed by atoms with Crippen LogP contribution in [0.15, 0.2) is 0 Å². The fourth-order valence-corrected chi connectivity index (χ4v) is 4.86. The highest BCUT2D eigenvalue weighted by Gasteiger charge is 2.51. The van der Waals surface area contributed by atoms with Gasteiger partial charge >= 0.3 is 0 Å². The summed E-state index contributed by atoms with van der Waals surface area (Å²) in [7, 11) is 0. The van der Waals surface area contributed by atoms with E-state index in [1.54, 1.807) is 0 Å². The van der Waals surface area contributed by atoms with Crippen molar-refractivity contribution >= 4 is 6.29 Å². The number of rotatable bonds is 3. The van der Waals surface area contributed by atoms with E-state index in [9.17, 15) is 4.79 Å². The van der Waals surface area contributed by atoms with Crippen LogP contribution in [0.4, 0.5) is 0 Å². The van der Waals surface area contributed by atoms with Crippen molar-refractivity contribution < 1.29 is 4.79 Å². The Kier molecular flexibility index (Phi) is 3.42. The standard InChI is InChI=1S/C15H26O/c1-11-5-4-9-15(3)13(11)6-7-14(15)12(2)8-10-16/h10-14H,4-9H2,1-3H3/t11?,12-,13?,14?,15?/m1/s1. The van der Waals surface area contributed by atoms with E-state index in [2.05, 4.69) is 20.8 Å². The van der Waals surface area contributed by atoms with Crippen LogP contribution in [0.2, 0.25) is 0 Å². The van der Waals surface area contributed by atoms with E-state index < -0.39 is 0 Å². The quantitative estimate of drug-likeness (QED) is 0.658. The number of carbonyl (C=O) groups excluding carboxylic acids is 1. The number of hydrogen-bond donors (Lipinski definition) is 0. The van der Waals surface area contributed by atoms with Crippen molar-refractivity contribution in [3.8, 4) is 0 Å². The lowest BCUT2D eigenvalue weighted by atomic mass is 9.59. The summed E-state index contributed by atoms with van der Waals surface area (Å²) in [5.41, 5.74) is 0.542. The minimum atomic E-state index is 0.542. The van der Waals surface area contributed by atoms with Crippen molar-refractivity contribution in [3.63, 3.8) is 0 Å². The molecule has 92 valence electrons. The predicted octanol–water partition coefficient (Wildman–Crippen LogP) is 4.06. The number of hydrogen-bond acceptors (Lipinski definition) is 1. The molecule has 1 heteroatoms. The third kappa shape index (κ3) is 1.83. The highest BCUT2D eigenvalue weighted by Crippen LogP contribution is 2.59. The monoisotopic (exact) mass is 222 g/mol. The molecule has 0 aliphatic heterocycles. The molecular weight excluding hydrogens is 196 g/mol. The minimum absolute atomic E-state index is 0.542. The molecule has 2 aliphatic rings. The van der Waals surface area contributed by atoms with E-state index >= 15 is 0 Å². The topological polar surface area (TPSA) is 17.1 Å². The van der Waals surface area contributed by atoms with Gasteiger partial charge in [0.05, 0.1) is 0 Å². The first-order valence-corrected chi connectivity index (χ1v) is 7.03. The maximum absolute atomic E-state index is 10.7. The molecule has 2 fully saturated rings. The van der Waals surface area contributed by atoms with Crippen LogP contribution in [-0.2, 0) is 4.79 Å². The van der Waals surface area contributed by atoms with Crippen molar-refractivity contribution in [2.45, 2.75) is 59.3 Å². The Hall–Kier alpha value is -0.330. The maximum atomic E-state index is 10.7. The van der Waals surface area contributed by atoms with Crippen molar-refractivity contribution in [3.05, 3.63) is 0 Å². The highest BCUT2D eigenvalue weighted by molar-refractivity contribution is 5.49. The molecule has 0 amide bonds. The van der Waals surface area contributed by atoms with Crippen LogP contribution < -0.4 is 0 Å². The Balaban J connectivity index is 2.14. The van der Waals surface area contributed by atoms with Gasteiger partial charge in [0.1, 0.15) is 6.29 Å². The van der Waals surface area contributed by atoms with E-state index in [1.807, 2.05) is 0 Å². The predicted molar refractivity (Wildman–Crippen MR) is 67.2 cm³/mol.